The van der Waals surface area contributed by atoms with Crippen LogP contribution in [0, 0.1) is 0 Å². The van der Waals surface area contributed by atoms with Crippen molar-refractivity contribution in [3.05, 3.63) is 69.7 Å². The predicted octanol–water partition coefficient (Wildman–Crippen LogP) is -2.37. The van der Waals surface area contributed by atoms with E-state index in [0.29, 0.717) is 16.7 Å². The van der Waals surface area contributed by atoms with Crippen LogP contribution >= 0.6 is 11.6 Å². The van der Waals surface area contributed by atoms with E-state index in [1.54, 1.807) is 57.4 Å². The van der Waals surface area contributed by atoms with Gasteiger partial charge in [0.25, 0.3) is 11.8 Å². The molecule has 2 aliphatic rings. The average Bonchev–Trinajstić information content (AvgIpc) is 3.13. The van der Waals surface area contributed by atoms with Crippen molar-refractivity contribution in [2.24, 2.45) is 0 Å². The van der Waals surface area contributed by atoms with Crippen molar-refractivity contribution in [1.29, 1.82) is 0 Å². The van der Waals surface area contributed by atoms with Crippen LogP contribution in [0.1, 0.15) is 33.0 Å². The Morgan fingerprint density at radius 1 is 1.11 bits per heavy atom. The molecule has 2 atom stereocenters. The highest BCUT2D eigenvalue weighted by atomic mass is 35.5. The van der Waals surface area contributed by atoms with Gasteiger partial charge in [-0.2, -0.15) is 8.78 Å². The van der Waals surface area contributed by atoms with Gasteiger partial charge in [0.05, 0.1) is 0 Å². The van der Waals surface area contributed by atoms with Gasteiger partial charge in [0.1, 0.15) is 45.3 Å². The number of fused-ring (bicyclic) bond motifs is 1. The molecule has 0 aromatic heterocycles. The summed E-state index contributed by atoms with van der Waals surface area (Å²) in [6.07, 6.45) is 0. The molecule has 4 amide bonds. The number of amides is 4. The van der Waals surface area contributed by atoms with E-state index >= 15 is 0 Å². The van der Waals surface area contributed by atoms with E-state index in [-0.39, 0.29) is 17.5 Å². The summed E-state index contributed by atoms with van der Waals surface area (Å²) < 4.78 is 29.4. The fourth-order valence-corrected chi connectivity index (χ4v) is 4.96. The zero-order valence-electron chi connectivity index (χ0n) is 21.1. The van der Waals surface area contributed by atoms with Crippen LogP contribution in [0.25, 0.3) is 0 Å². The Morgan fingerprint density at radius 3 is 2.35 bits per heavy atom. The van der Waals surface area contributed by atoms with Crippen LogP contribution in [0.5, 0.6) is 0 Å². The average molecular weight is 521 g/mol. The number of carbonyl (C=O) groups excluding carboxylic acids is 4. The van der Waals surface area contributed by atoms with Crippen LogP contribution in [0.4, 0.5) is 8.78 Å². The highest BCUT2D eigenvalue weighted by molar-refractivity contribution is 6.63. The second-order valence-electron chi connectivity index (χ2n) is 10.7. The number of rotatable bonds is 5. The van der Waals surface area contributed by atoms with Gasteiger partial charge in [-0.3, -0.25) is 24.5 Å². The molecule has 1 saturated heterocycles. The Labute approximate surface area is 222 Å². The maximum absolute atomic E-state index is 14.7. The lowest BCUT2D eigenvalue weighted by Gasteiger charge is -2.52. The number of halogens is 3. The standard InChI is InChI=1S/C22H23B5ClF2N3O4/c23-15(31-18(36)20(29,30)11-2-4-12(28)5-3-11)9-1-6-13-10(7-9)8-33(17(13)35)14-16(34)32-19(37)22(26,27)21(14,24)25/h1-7,14-15H,8,23-27H2,(H,31,36)(H,32,34,37). The van der Waals surface area contributed by atoms with Crippen molar-refractivity contribution < 1.29 is 28.0 Å². The number of alkyl halides is 2. The lowest BCUT2D eigenvalue weighted by atomic mass is 9.26. The number of carbonyl (C=O) groups is 4. The Balaban J connectivity index is 1.55. The van der Waals surface area contributed by atoms with E-state index in [1.807, 2.05) is 0 Å². The summed E-state index contributed by atoms with van der Waals surface area (Å²) in [6.45, 7) is 0.107. The van der Waals surface area contributed by atoms with Gasteiger partial charge < -0.3 is 10.2 Å². The van der Waals surface area contributed by atoms with Crippen LogP contribution in [-0.2, 0) is 26.9 Å². The van der Waals surface area contributed by atoms with Gasteiger partial charge in [-0.25, -0.2) is 0 Å². The first-order valence-electron chi connectivity index (χ1n) is 11.8. The van der Waals surface area contributed by atoms with E-state index in [4.69, 9.17) is 11.6 Å². The largest absolute Gasteiger partial charge is 0.352 e. The molecule has 186 valence electrons. The highest BCUT2D eigenvalue weighted by Crippen LogP contribution is 2.50. The minimum Gasteiger partial charge on any atom is -0.352 e. The minimum atomic E-state index is -3.77. The van der Waals surface area contributed by atoms with Crippen molar-refractivity contribution >= 4 is 74.5 Å². The fourth-order valence-electron chi connectivity index (χ4n) is 4.83. The van der Waals surface area contributed by atoms with E-state index in [0.717, 1.165) is 12.1 Å². The summed E-state index contributed by atoms with van der Waals surface area (Å²) in [6, 6.07) is 8.70. The van der Waals surface area contributed by atoms with Crippen LogP contribution in [0.15, 0.2) is 42.5 Å². The number of piperidine rings is 1. The molecule has 0 saturated carbocycles. The van der Waals surface area contributed by atoms with Gasteiger partial charge in [0.2, 0.25) is 11.8 Å². The molecule has 37 heavy (non-hydrogen) atoms. The monoisotopic (exact) mass is 521 g/mol. The summed E-state index contributed by atoms with van der Waals surface area (Å²) in [5, 5.41) is 3.22. The van der Waals surface area contributed by atoms with E-state index < -0.39 is 51.6 Å². The normalized spacial score (nSPS) is 21.2. The Bertz CT molecular complexity index is 1330. The molecule has 4 rings (SSSR count). The molecule has 2 N–H and O–H groups in total. The Morgan fingerprint density at radius 2 is 1.73 bits per heavy atom. The number of hydrogen-bond donors (Lipinski definition) is 2. The molecule has 2 heterocycles. The lowest BCUT2D eigenvalue weighted by Crippen LogP contribution is -2.66. The van der Waals surface area contributed by atoms with Gasteiger partial charge in [-0.1, -0.05) is 41.1 Å². The van der Waals surface area contributed by atoms with Crippen LogP contribution in [-0.4, -0.2) is 73.8 Å². The molecular weight excluding hydrogens is 498 g/mol. The first kappa shape index (κ1) is 27.0. The third-order valence-corrected chi connectivity index (χ3v) is 8.21. The molecule has 2 aromatic carbocycles. The van der Waals surface area contributed by atoms with Gasteiger partial charge in [-0.15, -0.1) is 0 Å². The minimum absolute atomic E-state index is 0.107. The molecule has 0 spiro atoms. The molecule has 7 nitrogen and oxygen atoms in total. The maximum Gasteiger partial charge on any atom is 0.349 e. The topological polar surface area (TPSA) is 95.6 Å². The number of nitrogens with zero attached hydrogens (tertiary/aromatic N) is 1. The van der Waals surface area contributed by atoms with Crippen molar-refractivity contribution in [1.82, 2.24) is 15.5 Å². The number of benzene rings is 2. The van der Waals surface area contributed by atoms with Gasteiger partial charge in [0, 0.05) is 28.6 Å². The molecule has 0 radical (unpaired) electrons. The SMILES string of the molecule is BC(NC(=O)C(F)(F)c1ccc(Cl)cc1)c1ccc2c(c1)CN(C1C(=O)NC(=O)C(B)(B)C1(B)B)C2=O. The third-order valence-electron chi connectivity index (χ3n) is 7.96. The summed E-state index contributed by atoms with van der Waals surface area (Å²) in [5.41, 5.74) is 1.03. The van der Waals surface area contributed by atoms with E-state index in [1.165, 1.54) is 17.0 Å². The Kier molecular flexibility index (Phi) is 6.63. The second-order valence-corrected chi connectivity index (χ2v) is 11.1. The first-order chi connectivity index (χ1) is 17.1. The van der Waals surface area contributed by atoms with Crippen molar-refractivity contribution in [3.63, 3.8) is 0 Å². The van der Waals surface area contributed by atoms with Crippen LogP contribution in [0.3, 0.4) is 0 Å². The van der Waals surface area contributed by atoms with Gasteiger partial charge in [-0.05, 0) is 34.5 Å². The van der Waals surface area contributed by atoms with Gasteiger partial charge in [0.15, 0.2) is 0 Å². The predicted molar refractivity (Wildman–Crippen MR) is 148 cm³/mol. The smallest absolute Gasteiger partial charge is 0.349 e. The summed E-state index contributed by atoms with van der Waals surface area (Å²) >= 11 is 5.76. The second kappa shape index (κ2) is 9.08. The zero-order valence-corrected chi connectivity index (χ0v) is 21.9. The number of hydrogen-bond acceptors (Lipinski definition) is 4. The molecular formula is C22H23B5ClF2N3O4. The molecule has 2 unspecified atom stereocenters. The lowest BCUT2D eigenvalue weighted by molar-refractivity contribution is -0.147. The first-order valence-corrected chi connectivity index (χ1v) is 12.2. The molecule has 15 heteroatoms. The van der Waals surface area contributed by atoms with E-state index in [2.05, 4.69) is 10.6 Å². The maximum atomic E-state index is 14.7. The van der Waals surface area contributed by atoms with E-state index in [9.17, 15) is 28.0 Å². The number of imide groups is 1. The zero-order chi connectivity index (χ0) is 27.5. The third kappa shape index (κ3) is 4.39. The molecule has 0 bridgehead atoms. The van der Waals surface area contributed by atoms with Gasteiger partial charge >= 0.3 is 5.92 Å². The van der Waals surface area contributed by atoms with Crippen molar-refractivity contribution in [3.8, 4) is 0 Å². The summed E-state index contributed by atoms with van der Waals surface area (Å²) in [5.74, 6) is -7.32. The Hall–Kier alpha value is -3.01. The van der Waals surface area contributed by atoms with Crippen LogP contribution in [0.2, 0.25) is 15.5 Å². The fraction of sp³-hybridized carbons (Fsp3) is 0.273. The quantitative estimate of drug-likeness (QED) is 0.340. The summed E-state index contributed by atoms with van der Waals surface area (Å²) in [7, 11) is 8.61. The molecule has 2 aliphatic heterocycles. The molecule has 1 fully saturated rings. The summed E-state index contributed by atoms with van der Waals surface area (Å²) in [4.78, 5) is 52.5. The van der Waals surface area contributed by atoms with Crippen molar-refractivity contribution in [2.45, 2.75) is 34.9 Å². The molecule has 0 aliphatic carbocycles. The van der Waals surface area contributed by atoms with Crippen LogP contribution < -0.4 is 10.6 Å². The molecule has 2 aromatic rings. The highest BCUT2D eigenvalue weighted by Gasteiger charge is 2.57. The number of nitrogens with one attached hydrogen (secondary N) is 2. The van der Waals surface area contributed by atoms with Crippen molar-refractivity contribution in [2.75, 3.05) is 0 Å².